The van der Waals surface area contributed by atoms with Crippen LogP contribution in [0.15, 0.2) is 34.1 Å². The summed E-state index contributed by atoms with van der Waals surface area (Å²) in [6.45, 7) is 5.77. The van der Waals surface area contributed by atoms with Crippen LogP contribution in [0, 0.1) is 7.14 Å². The molecule has 2 aromatic carbocycles. The smallest absolute Gasteiger partial charge is 0.339 e. The fourth-order valence-electron chi connectivity index (χ4n) is 2.87. The largest absolute Gasteiger partial charge is 0.744 e. The van der Waals surface area contributed by atoms with Crippen LogP contribution in [0.1, 0.15) is 37.5 Å². The average Bonchev–Trinajstić information content (AvgIpc) is 2.57. The quantitative estimate of drug-likeness (QED) is 0.253. The molecule has 0 aliphatic carbocycles. The van der Waals surface area contributed by atoms with Gasteiger partial charge in [0.05, 0.1) is 4.90 Å². The molecule has 0 amide bonds. The van der Waals surface area contributed by atoms with Crippen LogP contribution in [0.25, 0.3) is 0 Å². The lowest BCUT2D eigenvalue weighted by Gasteiger charge is -2.17. The molecule has 0 radical (unpaired) electrons. The van der Waals surface area contributed by atoms with Crippen LogP contribution < -0.4 is 4.18 Å². The van der Waals surface area contributed by atoms with Crippen molar-refractivity contribution in [2.24, 2.45) is 0 Å². The molecule has 28 heavy (non-hydrogen) atoms. The predicted octanol–water partition coefficient (Wildman–Crippen LogP) is 4.25. The molecule has 0 spiro atoms. The van der Waals surface area contributed by atoms with Crippen molar-refractivity contribution in [3.63, 3.8) is 0 Å². The Morgan fingerprint density at radius 1 is 0.821 bits per heavy atom. The first-order valence-electron chi connectivity index (χ1n) is 8.48. The van der Waals surface area contributed by atoms with E-state index in [9.17, 15) is 21.4 Å². The third kappa shape index (κ3) is 5.18. The van der Waals surface area contributed by atoms with E-state index in [1.54, 1.807) is 45.2 Å². The van der Waals surface area contributed by atoms with E-state index in [-0.39, 0.29) is 22.7 Å². The first kappa shape index (κ1) is 23.8. The maximum absolute atomic E-state index is 13.1. The van der Waals surface area contributed by atoms with Crippen molar-refractivity contribution in [1.29, 1.82) is 0 Å². The molecule has 0 aromatic heterocycles. The van der Waals surface area contributed by atoms with Crippen LogP contribution in [-0.2, 0) is 39.5 Å². The standard InChI is InChI=1S/C18H20I2O6S2/c1-4-11-7-12(5-2)17(13(6-3)8-11)28(24,25)26-14-9-15(19)18(16(20)10-14)27(21,22)23/h7-10H,4-6H2,1-3H3,(H,21,22,23)/p-1. The van der Waals surface area contributed by atoms with Gasteiger partial charge in [0.15, 0.2) is 0 Å². The number of hydrogen-bond acceptors (Lipinski definition) is 6. The number of aryl methyl sites for hydroxylation is 3. The highest BCUT2D eigenvalue weighted by Gasteiger charge is 2.25. The van der Waals surface area contributed by atoms with Gasteiger partial charge in [-0.15, -0.1) is 0 Å². The fourth-order valence-corrected chi connectivity index (χ4v) is 8.28. The zero-order valence-corrected chi connectivity index (χ0v) is 21.4. The minimum absolute atomic E-state index is 0.0372. The van der Waals surface area contributed by atoms with Gasteiger partial charge in [0, 0.05) is 7.14 Å². The number of halogens is 2. The van der Waals surface area contributed by atoms with Gasteiger partial charge in [-0.05, 0) is 93.3 Å². The lowest BCUT2D eigenvalue weighted by Crippen LogP contribution is -2.16. The molecule has 2 aromatic rings. The van der Waals surface area contributed by atoms with Gasteiger partial charge in [0.25, 0.3) is 0 Å². The molecule has 0 saturated carbocycles. The highest BCUT2D eigenvalue weighted by atomic mass is 127. The van der Waals surface area contributed by atoms with Crippen LogP contribution in [0.2, 0.25) is 0 Å². The second-order valence-corrected chi connectivity index (χ2v) is 11.1. The number of benzene rings is 2. The summed E-state index contributed by atoms with van der Waals surface area (Å²) in [5.41, 5.74) is 2.42. The Labute approximate surface area is 193 Å². The van der Waals surface area contributed by atoms with Gasteiger partial charge in [0.1, 0.15) is 20.8 Å². The maximum atomic E-state index is 13.1. The minimum Gasteiger partial charge on any atom is -0.744 e. The van der Waals surface area contributed by atoms with E-state index in [1.807, 2.05) is 32.9 Å². The van der Waals surface area contributed by atoms with E-state index in [4.69, 9.17) is 4.18 Å². The van der Waals surface area contributed by atoms with Crippen LogP contribution in [0.3, 0.4) is 0 Å². The lowest BCUT2D eigenvalue weighted by atomic mass is 10.0. The third-order valence-corrected chi connectivity index (χ3v) is 8.96. The van der Waals surface area contributed by atoms with E-state index in [2.05, 4.69) is 0 Å². The van der Waals surface area contributed by atoms with Gasteiger partial charge in [-0.25, -0.2) is 8.42 Å². The first-order valence-corrected chi connectivity index (χ1v) is 13.5. The Kier molecular flexibility index (Phi) is 7.78. The van der Waals surface area contributed by atoms with E-state index in [1.165, 1.54) is 12.1 Å². The molecule has 0 bridgehead atoms. The molecule has 6 nitrogen and oxygen atoms in total. The van der Waals surface area contributed by atoms with Crippen molar-refractivity contribution >= 4 is 65.4 Å². The van der Waals surface area contributed by atoms with Crippen LogP contribution in [-0.4, -0.2) is 21.4 Å². The van der Waals surface area contributed by atoms with Crippen molar-refractivity contribution in [3.8, 4) is 5.75 Å². The number of rotatable bonds is 7. The Bertz CT molecular complexity index is 1060. The monoisotopic (exact) mass is 649 g/mol. The molecule has 154 valence electrons. The molecule has 0 unspecified atom stereocenters. The van der Waals surface area contributed by atoms with Crippen molar-refractivity contribution in [2.45, 2.75) is 49.8 Å². The van der Waals surface area contributed by atoms with Gasteiger partial charge in [-0.1, -0.05) is 32.9 Å². The summed E-state index contributed by atoms with van der Waals surface area (Å²) in [5, 5.41) is 0. The maximum Gasteiger partial charge on any atom is 0.339 e. The van der Waals surface area contributed by atoms with Gasteiger partial charge in [-0.3, -0.25) is 0 Å². The van der Waals surface area contributed by atoms with Crippen molar-refractivity contribution < 1.29 is 25.6 Å². The molecular formula is C18H19I2O6S2-. The summed E-state index contributed by atoms with van der Waals surface area (Å²) in [5.74, 6) is -0.0372. The second-order valence-electron chi connectivity index (χ2n) is 6.01. The summed E-state index contributed by atoms with van der Waals surface area (Å²) < 4.78 is 65.9. The van der Waals surface area contributed by atoms with E-state index in [0.29, 0.717) is 24.0 Å². The molecule has 0 heterocycles. The van der Waals surface area contributed by atoms with Crippen LogP contribution >= 0.6 is 45.2 Å². The van der Waals surface area contributed by atoms with Crippen molar-refractivity contribution in [2.75, 3.05) is 0 Å². The molecule has 0 aliphatic rings. The van der Waals surface area contributed by atoms with Gasteiger partial charge < -0.3 is 8.74 Å². The summed E-state index contributed by atoms with van der Waals surface area (Å²) in [7, 11) is -8.82. The minimum atomic E-state index is -4.68. The van der Waals surface area contributed by atoms with Gasteiger partial charge in [-0.2, -0.15) is 8.42 Å². The highest BCUT2D eigenvalue weighted by molar-refractivity contribution is 14.1. The predicted molar refractivity (Wildman–Crippen MR) is 122 cm³/mol. The fraction of sp³-hybridized carbons (Fsp3) is 0.333. The summed E-state index contributed by atoms with van der Waals surface area (Å²) >= 11 is 3.36. The van der Waals surface area contributed by atoms with E-state index < -0.39 is 20.2 Å². The average molecular weight is 649 g/mol. The molecule has 10 heteroatoms. The van der Waals surface area contributed by atoms with Gasteiger partial charge >= 0.3 is 10.1 Å². The van der Waals surface area contributed by atoms with Gasteiger partial charge in [0.2, 0.25) is 0 Å². The Balaban J connectivity index is 2.59. The second kappa shape index (κ2) is 9.14. The molecule has 0 saturated heterocycles. The normalized spacial score (nSPS) is 12.2. The first-order chi connectivity index (χ1) is 12.9. The van der Waals surface area contributed by atoms with Crippen LogP contribution in [0.4, 0.5) is 0 Å². The zero-order chi connectivity index (χ0) is 21.3. The van der Waals surface area contributed by atoms with Crippen LogP contribution in [0.5, 0.6) is 5.75 Å². The molecule has 0 fully saturated rings. The molecule has 0 N–H and O–H groups in total. The summed E-state index contributed by atoms with van der Waals surface area (Å²) in [6.07, 6.45) is 1.85. The number of hydrogen-bond donors (Lipinski definition) is 0. The summed E-state index contributed by atoms with van der Waals surface area (Å²) in [4.78, 5) is -0.227. The molecular weight excluding hydrogens is 630 g/mol. The Morgan fingerprint density at radius 3 is 1.64 bits per heavy atom. The molecule has 0 atom stereocenters. The lowest BCUT2D eigenvalue weighted by molar-refractivity contribution is 0.461. The molecule has 0 aliphatic heterocycles. The summed E-state index contributed by atoms with van der Waals surface area (Å²) in [6, 6.07) is 6.22. The molecule has 2 rings (SSSR count). The third-order valence-electron chi connectivity index (χ3n) is 4.15. The highest BCUT2D eigenvalue weighted by Crippen LogP contribution is 2.32. The SMILES string of the molecule is CCc1cc(CC)c(S(=O)(=O)Oc2cc(I)c(S(=O)(=O)[O-])c(I)c2)c(CC)c1. The van der Waals surface area contributed by atoms with Crippen molar-refractivity contribution in [3.05, 3.63) is 48.1 Å². The van der Waals surface area contributed by atoms with E-state index in [0.717, 1.165) is 12.0 Å². The topological polar surface area (TPSA) is 101 Å². The zero-order valence-electron chi connectivity index (χ0n) is 15.5. The Hall–Kier alpha value is -0.440. The van der Waals surface area contributed by atoms with E-state index >= 15 is 0 Å². The van der Waals surface area contributed by atoms with Crippen molar-refractivity contribution in [1.82, 2.24) is 0 Å². The Morgan fingerprint density at radius 2 is 1.29 bits per heavy atom.